The molecule has 100 valence electrons. The van der Waals surface area contributed by atoms with Gasteiger partial charge in [0.05, 0.1) is 7.85 Å². The lowest BCUT2D eigenvalue weighted by molar-refractivity contribution is 0.0224. The molecule has 1 aromatic rings. The fourth-order valence-corrected chi connectivity index (χ4v) is 2.22. The fourth-order valence-electron chi connectivity index (χ4n) is 2.22. The molecule has 1 heterocycles. The summed E-state index contributed by atoms with van der Waals surface area (Å²) in [7, 11) is 5.66. The lowest BCUT2D eigenvalue weighted by atomic mass is 9.91. The number of ether oxygens (including phenoxy) is 1. The molecule has 2 radical (unpaired) electrons. The fraction of sp³-hybridized carbons (Fsp3) is 0.533. The second kappa shape index (κ2) is 5.28. The van der Waals surface area contributed by atoms with E-state index in [1.807, 2.05) is 20.8 Å². The van der Waals surface area contributed by atoms with E-state index in [0.717, 1.165) is 12.0 Å². The zero-order valence-electron chi connectivity index (χ0n) is 11.9. The largest absolute Gasteiger partial charge is 0.444 e. The number of hydrogen-bond acceptors (Lipinski definition) is 2. The van der Waals surface area contributed by atoms with Crippen molar-refractivity contribution in [3.63, 3.8) is 0 Å². The predicted molar refractivity (Wildman–Crippen MR) is 76.2 cm³/mol. The highest BCUT2D eigenvalue weighted by molar-refractivity contribution is 6.08. The first-order valence-corrected chi connectivity index (χ1v) is 6.68. The smallest absolute Gasteiger partial charge is 0.410 e. The van der Waals surface area contributed by atoms with Gasteiger partial charge in [0.15, 0.2) is 0 Å². The summed E-state index contributed by atoms with van der Waals surface area (Å²) in [6.45, 7) is 6.97. The molecule has 1 aliphatic rings. The highest BCUT2D eigenvalue weighted by Gasteiger charge is 2.25. The van der Waals surface area contributed by atoms with Crippen molar-refractivity contribution >= 4 is 13.9 Å². The summed E-state index contributed by atoms with van der Waals surface area (Å²) in [6, 6.07) is 6.26. The third-order valence-corrected chi connectivity index (χ3v) is 3.17. The van der Waals surface area contributed by atoms with Crippen LogP contribution in [0.3, 0.4) is 0 Å². The van der Waals surface area contributed by atoms with Crippen LogP contribution in [-0.2, 0) is 24.0 Å². The maximum Gasteiger partial charge on any atom is 0.410 e. The average molecular weight is 257 g/mol. The van der Waals surface area contributed by atoms with Gasteiger partial charge in [0, 0.05) is 13.1 Å². The summed E-state index contributed by atoms with van der Waals surface area (Å²) >= 11 is 0. The highest BCUT2D eigenvalue weighted by Crippen LogP contribution is 2.22. The van der Waals surface area contributed by atoms with Crippen molar-refractivity contribution in [2.45, 2.75) is 45.7 Å². The van der Waals surface area contributed by atoms with Gasteiger partial charge in [-0.05, 0) is 38.3 Å². The Morgan fingerprint density at radius 1 is 1.37 bits per heavy atom. The Bertz CT molecular complexity index is 480. The first-order valence-electron chi connectivity index (χ1n) is 6.68. The lowest BCUT2D eigenvalue weighted by Crippen LogP contribution is -2.39. The van der Waals surface area contributed by atoms with Crippen LogP contribution in [0, 0.1) is 0 Å². The summed E-state index contributed by atoms with van der Waals surface area (Å²) in [5.41, 5.74) is 3.14. The molecule has 0 spiro atoms. The van der Waals surface area contributed by atoms with E-state index in [4.69, 9.17) is 12.6 Å². The van der Waals surface area contributed by atoms with Crippen LogP contribution in [0.5, 0.6) is 0 Å². The van der Waals surface area contributed by atoms with Gasteiger partial charge in [-0.3, -0.25) is 0 Å². The average Bonchev–Trinajstić information content (AvgIpc) is 2.35. The number of rotatable bonds is 1. The van der Waals surface area contributed by atoms with Crippen LogP contribution in [0.25, 0.3) is 0 Å². The highest BCUT2D eigenvalue weighted by atomic mass is 16.6. The molecule has 0 atom stereocenters. The monoisotopic (exact) mass is 257 g/mol. The number of benzene rings is 1. The summed E-state index contributed by atoms with van der Waals surface area (Å²) in [4.78, 5) is 13.8. The topological polar surface area (TPSA) is 29.5 Å². The van der Waals surface area contributed by atoms with Gasteiger partial charge in [0.25, 0.3) is 0 Å². The number of hydrogen-bond donors (Lipinski definition) is 0. The van der Waals surface area contributed by atoms with Crippen LogP contribution in [0.1, 0.15) is 37.5 Å². The van der Waals surface area contributed by atoms with E-state index in [1.54, 1.807) is 4.90 Å². The maximum atomic E-state index is 12.1. The second-order valence-corrected chi connectivity index (χ2v) is 5.96. The molecule has 4 heteroatoms. The zero-order valence-corrected chi connectivity index (χ0v) is 11.9. The normalized spacial score (nSPS) is 15.0. The molecule has 2 rings (SSSR count). The lowest BCUT2D eigenvalue weighted by Gasteiger charge is -2.31. The van der Waals surface area contributed by atoms with Gasteiger partial charge in [-0.2, -0.15) is 0 Å². The van der Waals surface area contributed by atoms with Gasteiger partial charge in [-0.25, -0.2) is 4.79 Å². The van der Waals surface area contributed by atoms with Crippen molar-refractivity contribution < 1.29 is 9.53 Å². The molecule has 1 aromatic carbocycles. The van der Waals surface area contributed by atoms with E-state index in [9.17, 15) is 4.79 Å². The summed E-state index contributed by atoms with van der Waals surface area (Å²) in [6.07, 6.45) is 1.16. The standard InChI is InChI=1S/C15H20BNO2/c1-15(2,3)19-14(18)17-7-6-12-5-4-11(9-16)8-13(12)10-17/h4-5,8H,6-7,9-10H2,1-3H3. The molecular formula is C15H20BNO2. The number of nitrogens with zero attached hydrogens (tertiary/aromatic N) is 1. The molecule has 0 fully saturated rings. The Balaban J connectivity index is 2.10. The molecule has 19 heavy (non-hydrogen) atoms. The third-order valence-electron chi connectivity index (χ3n) is 3.17. The van der Waals surface area contributed by atoms with Gasteiger partial charge in [0.2, 0.25) is 0 Å². The van der Waals surface area contributed by atoms with Crippen molar-refractivity contribution in [1.29, 1.82) is 0 Å². The molecule has 0 aromatic heterocycles. The van der Waals surface area contributed by atoms with Crippen molar-refractivity contribution in [3.8, 4) is 0 Å². The van der Waals surface area contributed by atoms with Crippen molar-refractivity contribution in [2.24, 2.45) is 0 Å². The molecule has 0 saturated heterocycles. The Morgan fingerprint density at radius 2 is 2.11 bits per heavy atom. The SMILES string of the molecule is [B]Cc1ccc2c(c1)CN(C(=O)OC(C)(C)C)CC2. The van der Waals surface area contributed by atoms with E-state index in [1.165, 1.54) is 11.1 Å². The minimum absolute atomic E-state index is 0.240. The van der Waals surface area contributed by atoms with Gasteiger partial charge in [-0.15, -0.1) is 0 Å². The Labute approximate surface area is 116 Å². The quantitative estimate of drug-likeness (QED) is 0.724. The van der Waals surface area contributed by atoms with Gasteiger partial charge in [-0.1, -0.05) is 30.1 Å². The molecular weight excluding hydrogens is 237 g/mol. The number of carbonyl (C=O) groups is 1. The van der Waals surface area contributed by atoms with Gasteiger partial charge in [0.1, 0.15) is 5.60 Å². The number of carbonyl (C=O) groups excluding carboxylic acids is 1. The molecule has 1 amide bonds. The molecule has 0 bridgehead atoms. The zero-order chi connectivity index (χ0) is 14.0. The molecule has 0 N–H and O–H groups in total. The van der Waals surface area contributed by atoms with Crippen LogP contribution >= 0.6 is 0 Å². The van der Waals surface area contributed by atoms with E-state index in [0.29, 0.717) is 19.4 Å². The van der Waals surface area contributed by atoms with Crippen LogP contribution < -0.4 is 0 Å². The molecule has 3 nitrogen and oxygen atoms in total. The van der Waals surface area contributed by atoms with Crippen molar-refractivity contribution in [3.05, 3.63) is 34.9 Å². The molecule has 0 aliphatic carbocycles. The van der Waals surface area contributed by atoms with Crippen LogP contribution in [0.4, 0.5) is 4.79 Å². The van der Waals surface area contributed by atoms with Crippen LogP contribution in [0.2, 0.25) is 0 Å². The minimum Gasteiger partial charge on any atom is -0.444 e. The van der Waals surface area contributed by atoms with Gasteiger partial charge >= 0.3 is 6.09 Å². The summed E-state index contributed by atoms with van der Waals surface area (Å²) in [5.74, 6) is 0. The minimum atomic E-state index is -0.448. The summed E-state index contributed by atoms with van der Waals surface area (Å²) < 4.78 is 5.41. The van der Waals surface area contributed by atoms with Crippen LogP contribution in [-0.4, -0.2) is 31.0 Å². The van der Waals surface area contributed by atoms with Crippen molar-refractivity contribution in [1.82, 2.24) is 4.90 Å². The van der Waals surface area contributed by atoms with Crippen molar-refractivity contribution in [2.75, 3.05) is 6.54 Å². The van der Waals surface area contributed by atoms with E-state index < -0.39 is 5.60 Å². The molecule has 0 saturated carbocycles. The second-order valence-electron chi connectivity index (χ2n) is 5.96. The first kappa shape index (κ1) is 14.0. The number of amides is 1. The van der Waals surface area contributed by atoms with E-state index >= 15 is 0 Å². The summed E-state index contributed by atoms with van der Waals surface area (Å²) in [5, 5.41) is 0. The third kappa shape index (κ3) is 3.52. The Morgan fingerprint density at radius 3 is 2.74 bits per heavy atom. The number of fused-ring (bicyclic) bond motifs is 1. The molecule has 1 aliphatic heterocycles. The maximum absolute atomic E-state index is 12.1. The predicted octanol–water partition coefficient (Wildman–Crippen LogP) is 2.65. The Kier molecular flexibility index (Phi) is 3.88. The molecule has 0 unspecified atom stereocenters. The van der Waals surface area contributed by atoms with E-state index in [2.05, 4.69) is 18.2 Å². The first-order chi connectivity index (χ1) is 8.89. The Hall–Kier alpha value is -1.45. The van der Waals surface area contributed by atoms with Gasteiger partial charge < -0.3 is 9.64 Å². The van der Waals surface area contributed by atoms with E-state index in [-0.39, 0.29) is 6.09 Å². The van der Waals surface area contributed by atoms with Crippen LogP contribution in [0.15, 0.2) is 18.2 Å².